The van der Waals surface area contributed by atoms with Gasteiger partial charge in [-0.1, -0.05) is 24.3 Å². The summed E-state index contributed by atoms with van der Waals surface area (Å²) in [6.07, 6.45) is -9.70. The smallest absolute Gasteiger partial charge is 0.508 e. The second-order valence-electron chi connectivity index (χ2n) is 9.37. The number of phenols is 1. The first-order valence-electron chi connectivity index (χ1n) is 12.4. The molecule has 0 unspecified atom stereocenters. The van der Waals surface area contributed by atoms with Crippen LogP contribution in [0.4, 0.5) is 39.5 Å². The van der Waals surface area contributed by atoms with Crippen LogP contribution in [0.3, 0.4) is 0 Å². The minimum atomic E-state index is -5.91. The van der Waals surface area contributed by atoms with Crippen LogP contribution in [0.5, 0.6) is 11.5 Å². The minimum absolute atomic E-state index is 0.0211. The quantitative estimate of drug-likeness (QED) is 0.296. The fourth-order valence-electron chi connectivity index (χ4n) is 4.51. The summed E-state index contributed by atoms with van der Waals surface area (Å²) < 4.78 is 138. The number of aromatic hydroxyl groups is 1. The molecule has 0 aromatic heterocycles. The van der Waals surface area contributed by atoms with E-state index in [4.69, 9.17) is 0 Å². The third kappa shape index (κ3) is 8.23. The van der Waals surface area contributed by atoms with Crippen molar-refractivity contribution in [3.05, 3.63) is 58.7 Å². The Bertz CT molecular complexity index is 1460. The van der Waals surface area contributed by atoms with Crippen molar-refractivity contribution < 1.29 is 66.8 Å². The molecule has 0 saturated carbocycles. The van der Waals surface area contributed by atoms with Gasteiger partial charge in [0.15, 0.2) is 0 Å². The molecule has 0 saturated heterocycles. The number of halogens is 9. The fourth-order valence-corrected chi connectivity index (χ4v) is 5.00. The maximum Gasteiger partial charge on any atom is 0.534 e. The maximum atomic E-state index is 12.5. The molecule has 238 valence electrons. The van der Waals surface area contributed by atoms with E-state index in [-0.39, 0.29) is 50.2 Å². The van der Waals surface area contributed by atoms with Crippen LogP contribution in [0.2, 0.25) is 0 Å². The summed E-state index contributed by atoms with van der Waals surface area (Å²) in [5, 5.41) is 9.64. The van der Waals surface area contributed by atoms with Crippen molar-refractivity contribution in [1.82, 2.24) is 9.80 Å². The van der Waals surface area contributed by atoms with Crippen molar-refractivity contribution in [2.75, 3.05) is 26.2 Å². The Morgan fingerprint density at radius 3 is 1.56 bits per heavy atom. The second kappa shape index (κ2) is 12.5. The number of amides is 2. The molecule has 0 atom stereocenters. The van der Waals surface area contributed by atoms with Crippen LogP contribution in [0.25, 0.3) is 0 Å². The molecule has 0 bridgehead atoms. The number of hydrogen-bond donors (Lipinski definition) is 1. The molecule has 0 fully saturated rings. The molecule has 2 aromatic rings. The third-order valence-electron chi connectivity index (χ3n) is 6.59. The van der Waals surface area contributed by atoms with E-state index in [1.54, 1.807) is 12.1 Å². The molecule has 2 amide bonds. The van der Waals surface area contributed by atoms with Crippen molar-refractivity contribution in [1.29, 1.82) is 0 Å². The molecule has 0 spiro atoms. The predicted octanol–water partition coefficient (Wildman–Crippen LogP) is 4.29. The summed E-state index contributed by atoms with van der Waals surface area (Å²) in [6.45, 7) is -0.740. The van der Waals surface area contributed by atoms with E-state index in [9.17, 15) is 62.6 Å². The van der Waals surface area contributed by atoms with Gasteiger partial charge in [-0.25, -0.2) is 0 Å². The Hall–Kier alpha value is -3.70. The highest BCUT2D eigenvalue weighted by Crippen LogP contribution is 2.33. The number of carbonyl (C=O) groups is 2. The van der Waals surface area contributed by atoms with Crippen LogP contribution in [0, 0.1) is 0 Å². The summed E-state index contributed by atoms with van der Waals surface area (Å²) in [5.74, 6) is -4.41. The lowest BCUT2D eigenvalue weighted by atomic mass is 10.0. The van der Waals surface area contributed by atoms with Gasteiger partial charge in [0, 0.05) is 31.7 Å². The van der Waals surface area contributed by atoms with Gasteiger partial charge in [-0.05, 0) is 54.5 Å². The fraction of sp³-hybridized carbons (Fsp3) is 0.440. The normalized spacial score (nSPS) is 16.1. The number of carbonyl (C=O) groups excluding carboxylic acids is 2. The van der Waals surface area contributed by atoms with Crippen LogP contribution in [0.1, 0.15) is 22.3 Å². The molecular formula is C25H23F9N2O6S. The molecule has 2 aromatic carbocycles. The van der Waals surface area contributed by atoms with E-state index in [2.05, 4.69) is 4.18 Å². The van der Waals surface area contributed by atoms with Crippen molar-refractivity contribution in [2.45, 2.75) is 43.5 Å². The van der Waals surface area contributed by atoms with Crippen LogP contribution in [-0.4, -0.2) is 79.2 Å². The molecule has 0 aliphatic carbocycles. The van der Waals surface area contributed by atoms with Crippen LogP contribution < -0.4 is 4.18 Å². The molecule has 1 N–H and O–H groups in total. The minimum Gasteiger partial charge on any atom is -0.508 e. The zero-order valence-corrected chi connectivity index (χ0v) is 22.6. The standard InChI is InChI=1S/C13H11F6NO4S.C12H12F3NO2/c14-12(15,16)11(21)20-6-4-8-2-1-3-10(9(8)5-7-20)24-25(22,23)13(17,18)19;13-12(14,15)11(18)16-6-4-8-2-1-3-10(17)9(8)5-7-16/h1-3H,4-7H2;1-3,17H,4-7H2. The average molecular weight is 651 g/mol. The summed E-state index contributed by atoms with van der Waals surface area (Å²) in [5.41, 5.74) is -3.87. The van der Waals surface area contributed by atoms with E-state index in [0.717, 1.165) is 16.5 Å². The number of alkyl halides is 9. The molecule has 2 heterocycles. The first kappa shape index (κ1) is 33.8. The number of hydrogen-bond acceptors (Lipinski definition) is 6. The number of nitrogens with zero attached hydrogens (tertiary/aromatic N) is 2. The van der Waals surface area contributed by atoms with E-state index < -0.39 is 52.1 Å². The Balaban J connectivity index is 0.000000248. The van der Waals surface area contributed by atoms with Crippen molar-refractivity contribution in [2.24, 2.45) is 0 Å². The second-order valence-corrected chi connectivity index (χ2v) is 10.9. The van der Waals surface area contributed by atoms with Crippen molar-refractivity contribution in [3.63, 3.8) is 0 Å². The van der Waals surface area contributed by atoms with E-state index in [0.29, 0.717) is 22.4 Å². The Morgan fingerprint density at radius 1 is 0.674 bits per heavy atom. The van der Waals surface area contributed by atoms with Gasteiger partial charge < -0.3 is 19.1 Å². The van der Waals surface area contributed by atoms with Crippen LogP contribution >= 0.6 is 0 Å². The molecule has 4 rings (SSSR count). The molecule has 43 heavy (non-hydrogen) atoms. The average Bonchev–Trinajstić information content (AvgIpc) is 3.24. The summed E-state index contributed by atoms with van der Waals surface area (Å²) >= 11 is 0. The SMILES string of the molecule is O=C(N1CCc2cccc(O)c2CC1)C(F)(F)F.O=C(N1CCc2cccc(OS(=O)(=O)C(F)(F)F)c2CC1)C(F)(F)F. The topological polar surface area (TPSA) is 104 Å². The summed E-state index contributed by atoms with van der Waals surface area (Å²) in [6, 6.07) is 8.53. The Kier molecular flexibility index (Phi) is 9.82. The van der Waals surface area contributed by atoms with Crippen LogP contribution in [0.15, 0.2) is 36.4 Å². The molecule has 18 heteroatoms. The zero-order valence-electron chi connectivity index (χ0n) is 21.8. The number of benzene rings is 2. The molecule has 2 aliphatic rings. The third-order valence-corrected chi connectivity index (χ3v) is 7.55. The Morgan fingerprint density at radius 2 is 1.09 bits per heavy atom. The summed E-state index contributed by atoms with van der Waals surface area (Å²) in [4.78, 5) is 23.7. The van der Waals surface area contributed by atoms with Gasteiger partial charge in [-0.15, -0.1) is 0 Å². The first-order chi connectivity index (χ1) is 19.7. The van der Waals surface area contributed by atoms with Gasteiger partial charge in [0.25, 0.3) is 0 Å². The van der Waals surface area contributed by atoms with E-state index in [1.807, 2.05) is 0 Å². The van der Waals surface area contributed by atoms with Crippen molar-refractivity contribution in [3.8, 4) is 11.5 Å². The largest absolute Gasteiger partial charge is 0.534 e. The van der Waals surface area contributed by atoms with Gasteiger partial charge in [0.05, 0.1) is 0 Å². The molecule has 0 radical (unpaired) electrons. The lowest BCUT2D eigenvalue weighted by Gasteiger charge is -2.21. The van der Waals surface area contributed by atoms with Gasteiger partial charge in [0.2, 0.25) is 0 Å². The van der Waals surface area contributed by atoms with Gasteiger partial charge in [-0.2, -0.15) is 47.9 Å². The summed E-state index contributed by atoms with van der Waals surface area (Å²) in [7, 11) is -5.91. The Labute approximate surface area is 238 Å². The lowest BCUT2D eigenvalue weighted by Crippen LogP contribution is -2.42. The molecular weight excluding hydrogens is 627 g/mol. The van der Waals surface area contributed by atoms with Gasteiger partial charge in [0.1, 0.15) is 11.5 Å². The van der Waals surface area contributed by atoms with Crippen molar-refractivity contribution >= 4 is 21.9 Å². The van der Waals surface area contributed by atoms with Gasteiger partial charge in [-0.3, -0.25) is 9.59 Å². The predicted molar refractivity (Wildman–Crippen MR) is 130 cm³/mol. The number of fused-ring (bicyclic) bond motifs is 2. The van der Waals surface area contributed by atoms with E-state index in [1.165, 1.54) is 18.2 Å². The number of rotatable bonds is 2. The van der Waals surface area contributed by atoms with Crippen LogP contribution in [-0.2, 0) is 45.4 Å². The molecule has 8 nitrogen and oxygen atoms in total. The maximum absolute atomic E-state index is 12.5. The monoisotopic (exact) mass is 650 g/mol. The zero-order chi connectivity index (χ0) is 32.4. The highest BCUT2D eigenvalue weighted by molar-refractivity contribution is 7.88. The highest BCUT2D eigenvalue weighted by Gasteiger charge is 2.49. The first-order valence-corrected chi connectivity index (χ1v) is 13.8. The lowest BCUT2D eigenvalue weighted by molar-refractivity contribution is -0.185. The molecule has 2 aliphatic heterocycles. The van der Waals surface area contributed by atoms with Gasteiger partial charge >= 0.3 is 39.8 Å². The number of phenolic OH excluding ortho intramolecular Hbond substituents is 1. The highest BCUT2D eigenvalue weighted by atomic mass is 32.2. The van der Waals surface area contributed by atoms with E-state index >= 15 is 0 Å².